The van der Waals surface area contributed by atoms with E-state index in [9.17, 15) is 14.7 Å². The number of ether oxygens (including phenoxy) is 2. The van der Waals surface area contributed by atoms with Crippen molar-refractivity contribution in [3.05, 3.63) is 29.8 Å². The van der Waals surface area contributed by atoms with Gasteiger partial charge < -0.3 is 25.2 Å². The number of ketones is 1. The van der Waals surface area contributed by atoms with Crippen LogP contribution >= 0.6 is 0 Å². The van der Waals surface area contributed by atoms with Crippen molar-refractivity contribution in [2.45, 2.75) is 76.8 Å². The lowest BCUT2D eigenvalue weighted by atomic mass is 9.73. The highest BCUT2D eigenvalue weighted by molar-refractivity contribution is 5.90. The van der Waals surface area contributed by atoms with Gasteiger partial charge in [0.1, 0.15) is 11.5 Å². The molecule has 1 saturated heterocycles. The normalized spacial score (nSPS) is 31.5. The van der Waals surface area contributed by atoms with E-state index in [1.54, 1.807) is 24.3 Å². The van der Waals surface area contributed by atoms with Crippen LogP contribution in [0.25, 0.3) is 0 Å². The van der Waals surface area contributed by atoms with E-state index in [1.807, 2.05) is 7.05 Å². The second-order valence-corrected chi connectivity index (χ2v) is 10.1. The van der Waals surface area contributed by atoms with Gasteiger partial charge in [-0.1, -0.05) is 38.3 Å². The van der Waals surface area contributed by atoms with E-state index in [1.165, 1.54) is 0 Å². The molecule has 7 nitrogen and oxygen atoms in total. The second kappa shape index (κ2) is 11.6. The summed E-state index contributed by atoms with van der Waals surface area (Å²) in [6, 6.07) is 6.85. The van der Waals surface area contributed by atoms with Crippen molar-refractivity contribution in [3.63, 3.8) is 0 Å². The number of carbonyl (C=O) groups is 2. The number of nitrogens with one attached hydrogen (secondary N) is 2. The first-order valence-electron chi connectivity index (χ1n) is 13.1. The predicted molar refractivity (Wildman–Crippen MR) is 129 cm³/mol. The Bertz CT molecular complexity index is 829. The van der Waals surface area contributed by atoms with Gasteiger partial charge in [-0.05, 0) is 57.3 Å². The summed E-state index contributed by atoms with van der Waals surface area (Å²) in [5, 5.41) is 15.9. The summed E-state index contributed by atoms with van der Waals surface area (Å²) in [6.07, 6.45) is 6.55. The summed E-state index contributed by atoms with van der Waals surface area (Å²) < 4.78 is 12.6. The fraction of sp³-hybridized carbons (Fsp3) is 0.704. The van der Waals surface area contributed by atoms with Crippen LogP contribution in [0.4, 0.5) is 0 Å². The monoisotopic (exact) mass is 472 g/mol. The molecule has 1 heterocycles. The van der Waals surface area contributed by atoms with E-state index < -0.39 is 6.29 Å². The number of benzene rings is 1. The zero-order valence-corrected chi connectivity index (χ0v) is 20.5. The van der Waals surface area contributed by atoms with Crippen molar-refractivity contribution >= 4 is 11.7 Å². The first-order valence-corrected chi connectivity index (χ1v) is 13.1. The minimum Gasteiger partial charge on any atom is -0.508 e. The molecule has 1 aromatic rings. The summed E-state index contributed by atoms with van der Waals surface area (Å²) in [4.78, 5) is 26.7. The molecule has 7 heteroatoms. The lowest BCUT2D eigenvalue weighted by molar-refractivity contribution is -0.139. The molecular formula is C27H40N2O5. The van der Waals surface area contributed by atoms with Crippen LogP contribution in [0, 0.1) is 23.7 Å². The van der Waals surface area contributed by atoms with Gasteiger partial charge in [-0.3, -0.25) is 9.59 Å². The van der Waals surface area contributed by atoms with Crippen LogP contribution in [0.2, 0.25) is 0 Å². The lowest BCUT2D eigenvalue weighted by Crippen LogP contribution is -2.49. The highest BCUT2D eigenvalue weighted by Gasteiger charge is 2.65. The van der Waals surface area contributed by atoms with E-state index in [-0.39, 0.29) is 53.3 Å². The Morgan fingerprint density at radius 2 is 1.62 bits per heavy atom. The number of unbranched alkanes of at least 4 members (excludes halogenated alkanes) is 4. The largest absolute Gasteiger partial charge is 0.508 e. The van der Waals surface area contributed by atoms with Crippen LogP contribution in [0.3, 0.4) is 0 Å². The maximum Gasteiger partial charge on any atom is 0.224 e. The summed E-state index contributed by atoms with van der Waals surface area (Å²) in [5.41, 5.74) is 0.847. The van der Waals surface area contributed by atoms with Crippen LogP contribution in [0.15, 0.2) is 24.3 Å². The number of fused-ring (bicyclic) bond motifs is 5. The van der Waals surface area contributed by atoms with E-state index in [2.05, 4.69) is 17.6 Å². The molecule has 1 aromatic carbocycles. The average Bonchev–Trinajstić information content (AvgIpc) is 3.52. The summed E-state index contributed by atoms with van der Waals surface area (Å²) >= 11 is 0. The number of phenols is 1. The van der Waals surface area contributed by atoms with E-state index in [0.717, 1.165) is 57.1 Å². The number of Topliss-reactive ketones (excluding diaryl/α,β-unsaturated/α-hetero) is 1. The molecule has 0 radical (unpaired) electrons. The Morgan fingerprint density at radius 1 is 0.941 bits per heavy atom. The average molecular weight is 473 g/mol. The first-order chi connectivity index (χ1) is 16.5. The Morgan fingerprint density at radius 3 is 2.29 bits per heavy atom. The molecule has 7 unspecified atom stereocenters. The summed E-state index contributed by atoms with van der Waals surface area (Å²) in [5.74, 6) is -0.186. The fourth-order valence-corrected chi connectivity index (χ4v) is 6.21. The Kier molecular flexibility index (Phi) is 8.61. The van der Waals surface area contributed by atoms with Gasteiger partial charge in [-0.2, -0.15) is 0 Å². The highest BCUT2D eigenvalue weighted by atomic mass is 16.7. The second-order valence-electron chi connectivity index (χ2n) is 10.1. The predicted octanol–water partition coefficient (Wildman–Crippen LogP) is 3.71. The fourth-order valence-electron chi connectivity index (χ4n) is 6.21. The number of hydrogen-bond donors (Lipinski definition) is 3. The minimum atomic E-state index is -0.524. The smallest absolute Gasteiger partial charge is 0.224 e. The number of amides is 1. The van der Waals surface area contributed by atoms with Gasteiger partial charge in [0.25, 0.3) is 0 Å². The van der Waals surface area contributed by atoms with Crippen molar-refractivity contribution in [2.24, 2.45) is 23.7 Å². The van der Waals surface area contributed by atoms with Crippen LogP contribution in [0.5, 0.6) is 5.75 Å². The SMILES string of the molecule is CCCCCNC(=O)C1C2CC(C3OC(c4ccc(O)cc4)OC23)C1C(=O)CCCCCNC. The van der Waals surface area contributed by atoms with E-state index in [4.69, 9.17) is 9.47 Å². The van der Waals surface area contributed by atoms with E-state index in [0.29, 0.717) is 13.0 Å². The standard InChI is InChI=1S/C27H40N2O5/c1-3-4-7-15-29-26(32)23-20-16-19(22(23)21(31)9-6-5-8-14-28-2)24-25(20)34-27(33-24)17-10-12-18(30)13-11-17/h10-13,19-20,22-25,27-28,30H,3-9,14-16H2,1-2H3,(H,29,32). The van der Waals surface area contributed by atoms with Crippen molar-refractivity contribution < 1.29 is 24.2 Å². The molecular weight excluding hydrogens is 432 g/mol. The molecule has 3 N–H and O–H groups in total. The Balaban J connectivity index is 1.45. The molecule has 1 amide bonds. The third-order valence-electron chi connectivity index (χ3n) is 7.85. The van der Waals surface area contributed by atoms with Gasteiger partial charge in [0.2, 0.25) is 5.91 Å². The third-order valence-corrected chi connectivity index (χ3v) is 7.85. The quantitative estimate of drug-likeness (QED) is 0.379. The molecule has 3 fully saturated rings. The van der Waals surface area contributed by atoms with Crippen LogP contribution in [-0.2, 0) is 19.1 Å². The number of aromatic hydroxyl groups is 1. The van der Waals surface area contributed by atoms with Gasteiger partial charge in [0.15, 0.2) is 6.29 Å². The first kappa shape index (κ1) is 25.1. The van der Waals surface area contributed by atoms with E-state index >= 15 is 0 Å². The zero-order chi connectivity index (χ0) is 24.1. The topological polar surface area (TPSA) is 96.9 Å². The number of rotatable bonds is 13. The van der Waals surface area contributed by atoms with Crippen molar-refractivity contribution in [2.75, 3.05) is 20.1 Å². The maximum absolute atomic E-state index is 13.4. The van der Waals surface area contributed by atoms with Crippen LogP contribution in [0.1, 0.15) is 70.1 Å². The van der Waals surface area contributed by atoms with Gasteiger partial charge in [0, 0.05) is 30.4 Å². The Labute approximate surface area is 203 Å². The molecule has 2 bridgehead atoms. The van der Waals surface area contributed by atoms with Gasteiger partial charge in [-0.25, -0.2) is 0 Å². The lowest BCUT2D eigenvalue weighted by Gasteiger charge is -2.34. The molecule has 34 heavy (non-hydrogen) atoms. The number of phenolic OH excluding ortho intramolecular Hbond substituents is 1. The Hall–Kier alpha value is -1.96. The van der Waals surface area contributed by atoms with Crippen molar-refractivity contribution in [1.29, 1.82) is 0 Å². The summed E-state index contributed by atoms with van der Waals surface area (Å²) in [7, 11) is 1.94. The van der Waals surface area contributed by atoms with Crippen molar-refractivity contribution in [1.82, 2.24) is 10.6 Å². The van der Waals surface area contributed by atoms with Crippen LogP contribution < -0.4 is 10.6 Å². The molecule has 2 aliphatic carbocycles. The molecule has 0 spiro atoms. The number of hydrogen-bond acceptors (Lipinski definition) is 6. The maximum atomic E-state index is 13.4. The highest BCUT2D eigenvalue weighted by Crippen LogP contribution is 2.59. The molecule has 3 aliphatic rings. The third kappa shape index (κ3) is 5.31. The minimum absolute atomic E-state index is 0.00142. The van der Waals surface area contributed by atoms with Gasteiger partial charge in [-0.15, -0.1) is 0 Å². The molecule has 188 valence electrons. The zero-order valence-electron chi connectivity index (χ0n) is 20.5. The van der Waals surface area contributed by atoms with Crippen LogP contribution in [-0.4, -0.2) is 49.1 Å². The molecule has 0 aromatic heterocycles. The molecule has 4 rings (SSSR count). The molecule has 7 atom stereocenters. The molecule has 2 saturated carbocycles. The van der Waals surface area contributed by atoms with Gasteiger partial charge in [0.05, 0.1) is 18.1 Å². The number of carbonyl (C=O) groups excluding carboxylic acids is 2. The molecule has 1 aliphatic heterocycles. The van der Waals surface area contributed by atoms with Gasteiger partial charge >= 0.3 is 0 Å². The van der Waals surface area contributed by atoms with Crippen molar-refractivity contribution in [3.8, 4) is 5.75 Å². The summed E-state index contributed by atoms with van der Waals surface area (Å²) in [6.45, 7) is 3.76.